The van der Waals surface area contributed by atoms with Crippen molar-refractivity contribution >= 4 is 0 Å². The SMILES string of the molecule is Cn1ccc(CC(N)c2cccc(OC(F)F)c2)n1. The molecule has 1 atom stereocenters. The zero-order chi connectivity index (χ0) is 13.8. The zero-order valence-corrected chi connectivity index (χ0v) is 10.5. The second kappa shape index (κ2) is 5.79. The molecule has 1 unspecified atom stereocenters. The number of alkyl halides is 2. The molecule has 0 spiro atoms. The minimum absolute atomic E-state index is 0.115. The molecule has 0 aliphatic carbocycles. The van der Waals surface area contributed by atoms with Gasteiger partial charge < -0.3 is 10.5 Å². The third-order valence-electron chi connectivity index (χ3n) is 2.71. The van der Waals surface area contributed by atoms with E-state index in [0.717, 1.165) is 11.3 Å². The van der Waals surface area contributed by atoms with E-state index in [4.69, 9.17) is 5.73 Å². The summed E-state index contributed by atoms with van der Waals surface area (Å²) in [5.74, 6) is 0.115. The molecule has 1 aromatic carbocycles. The van der Waals surface area contributed by atoms with Gasteiger partial charge in [0.15, 0.2) is 0 Å². The van der Waals surface area contributed by atoms with Gasteiger partial charge in [-0.25, -0.2) is 0 Å². The van der Waals surface area contributed by atoms with Crippen LogP contribution in [0.5, 0.6) is 5.75 Å². The van der Waals surface area contributed by atoms with Crippen LogP contribution in [0.4, 0.5) is 8.78 Å². The largest absolute Gasteiger partial charge is 0.435 e. The van der Waals surface area contributed by atoms with Gasteiger partial charge in [-0.3, -0.25) is 4.68 Å². The molecule has 102 valence electrons. The highest BCUT2D eigenvalue weighted by molar-refractivity contribution is 5.31. The Hall–Kier alpha value is -1.95. The van der Waals surface area contributed by atoms with Crippen molar-refractivity contribution in [3.05, 3.63) is 47.8 Å². The van der Waals surface area contributed by atoms with Gasteiger partial charge in [0.25, 0.3) is 0 Å². The van der Waals surface area contributed by atoms with Gasteiger partial charge in [0, 0.05) is 25.7 Å². The molecule has 0 bridgehead atoms. The molecule has 1 aromatic heterocycles. The molecule has 19 heavy (non-hydrogen) atoms. The van der Waals surface area contributed by atoms with Gasteiger partial charge in [-0.2, -0.15) is 13.9 Å². The Morgan fingerprint density at radius 3 is 2.79 bits per heavy atom. The molecule has 0 aliphatic rings. The van der Waals surface area contributed by atoms with Gasteiger partial charge in [0.2, 0.25) is 0 Å². The van der Waals surface area contributed by atoms with Gasteiger partial charge >= 0.3 is 6.61 Å². The lowest BCUT2D eigenvalue weighted by molar-refractivity contribution is -0.0499. The number of rotatable bonds is 5. The third-order valence-corrected chi connectivity index (χ3v) is 2.71. The number of hydrogen-bond donors (Lipinski definition) is 1. The van der Waals surface area contributed by atoms with E-state index in [1.807, 2.05) is 19.3 Å². The summed E-state index contributed by atoms with van der Waals surface area (Å²) < 4.78 is 30.3. The molecule has 4 nitrogen and oxygen atoms in total. The predicted octanol–water partition coefficient (Wildman–Crippen LogP) is 2.26. The quantitative estimate of drug-likeness (QED) is 0.904. The van der Waals surface area contributed by atoms with Gasteiger partial charge in [-0.15, -0.1) is 0 Å². The van der Waals surface area contributed by atoms with Crippen molar-refractivity contribution in [2.75, 3.05) is 0 Å². The van der Waals surface area contributed by atoms with Gasteiger partial charge in [-0.05, 0) is 23.8 Å². The molecule has 0 saturated carbocycles. The summed E-state index contributed by atoms with van der Waals surface area (Å²) in [7, 11) is 1.83. The molecule has 0 saturated heterocycles. The van der Waals surface area contributed by atoms with Gasteiger partial charge in [-0.1, -0.05) is 12.1 Å². The first-order chi connectivity index (χ1) is 9.04. The van der Waals surface area contributed by atoms with E-state index in [-0.39, 0.29) is 11.8 Å². The van der Waals surface area contributed by atoms with Crippen LogP contribution in [0.15, 0.2) is 36.5 Å². The maximum Gasteiger partial charge on any atom is 0.387 e. The molecule has 1 heterocycles. The summed E-state index contributed by atoms with van der Waals surface area (Å²) >= 11 is 0. The summed E-state index contributed by atoms with van der Waals surface area (Å²) in [6.07, 6.45) is 2.37. The van der Waals surface area contributed by atoms with E-state index < -0.39 is 6.61 Å². The fourth-order valence-electron chi connectivity index (χ4n) is 1.84. The maximum atomic E-state index is 12.1. The normalized spacial score (nSPS) is 12.7. The Balaban J connectivity index is 2.08. The maximum absolute atomic E-state index is 12.1. The average molecular weight is 267 g/mol. The first kappa shape index (κ1) is 13.5. The summed E-state index contributed by atoms with van der Waals surface area (Å²) in [5, 5.41) is 4.23. The van der Waals surface area contributed by atoms with Gasteiger partial charge in [0.05, 0.1) is 5.69 Å². The van der Waals surface area contributed by atoms with E-state index in [0.29, 0.717) is 6.42 Å². The standard InChI is InChI=1S/C13H15F2N3O/c1-18-6-5-10(17-18)8-12(16)9-3-2-4-11(7-9)19-13(14)15/h2-7,12-13H,8,16H2,1H3. The minimum atomic E-state index is -2.83. The van der Waals surface area contributed by atoms with Crippen molar-refractivity contribution in [1.29, 1.82) is 0 Å². The van der Waals surface area contributed by atoms with E-state index in [9.17, 15) is 8.78 Å². The summed E-state index contributed by atoms with van der Waals surface area (Å²) in [5.41, 5.74) is 7.64. The van der Waals surface area contributed by atoms with Crippen molar-refractivity contribution in [3.63, 3.8) is 0 Å². The van der Waals surface area contributed by atoms with Crippen LogP contribution in [0.2, 0.25) is 0 Å². The number of benzene rings is 1. The van der Waals surface area contributed by atoms with Crippen LogP contribution in [-0.2, 0) is 13.5 Å². The summed E-state index contributed by atoms with van der Waals surface area (Å²) in [6, 6.07) is 8.00. The molecule has 0 aliphatic heterocycles. The third kappa shape index (κ3) is 3.75. The molecule has 2 N–H and O–H groups in total. The first-order valence-electron chi connectivity index (χ1n) is 5.83. The number of aryl methyl sites for hydroxylation is 1. The van der Waals surface area contributed by atoms with Crippen LogP contribution in [0, 0.1) is 0 Å². The van der Waals surface area contributed by atoms with Crippen molar-refractivity contribution in [2.45, 2.75) is 19.1 Å². The number of halogens is 2. The smallest absolute Gasteiger partial charge is 0.387 e. The lowest BCUT2D eigenvalue weighted by Gasteiger charge is -2.12. The van der Waals surface area contributed by atoms with E-state index in [1.54, 1.807) is 16.8 Å². The first-order valence-corrected chi connectivity index (χ1v) is 5.83. The van der Waals surface area contributed by atoms with Crippen LogP contribution in [-0.4, -0.2) is 16.4 Å². The predicted molar refractivity (Wildman–Crippen MR) is 66.9 cm³/mol. The second-order valence-corrected chi connectivity index (χ2v) is 4.24. The highest BCUT2D eigenvalue weighted by atomic mass is 19.3. The van der Waals surface area contributed by atoms with Crippen molar-refractivity contribution < 1.29 is 13.5 Å². The van der Waals surface area contributed by atoms with Crippen LogP contribution in [0.3, 0.4) is 0 Å². The molecule has 2 aromatic rings. The number of ether oxygens (including phenoxy) is 1. The Kier molecular flexibility index (Phi) is 4.11. The molecule has 6 heteroatoms. The van der Waals surface area contributed by atoms with E-state index in [1.165, 1.54) is 12.1 Å². The molecule has 0 radical (unpaired) electrons. The Labute approximate surface area is 109 Å². The molecular formula is C13H15F2N3O. The highest BCUT2D eigenvalue weighted by Gasteiger charge is 2.11. The summed E-state index contributed by atoms with van der Waals surface area (Å²) in [4.78, 5) is 0. The lowest BCUT2D eigenvalue weighted by atomic mass is 10.0. The number of aromatic nitrogens is 2. The zero-order valence-electron chi connectivity index (χ0n) is 10.5. The minimum Gasteiger partial charge on any atom is -0.435 e. The molecule has 0 fully saturated rings. The Morgan fingerprint density at radius 2 is 2.16 bits per heavy atom. The number of hydrogen-bond acceptors (Lipinski definition) is 3. The van der Waals surface area contributed by atoms with Crippen LogP contribution in [0.25, 0.3) is 0 Å². The monoisotopic (exact) mass is 267 g/mol. The van der Waals surface area contributed by atoms with Gasteiger partial charge in [0.1, 0.15) is 5.75 Å². The topological polar surface area (TPSA) is 53.1 Å². The van der Waals surface area contributed by atoms with Crippen LogP contribution < -0.4 is 10.5 Å². The fourth-order valence-corrected chi connectivity index (χ4v) is 1.84. The van der Waals surface area contributed by atoms with Crippen LogP contribution in [0.1, 0.15) is 17.3 Å². The highest BCUT2D eigenvalue weighted by Crippen LogP contribution is 2.21. The second-order valence-electron chi connectivity index (χ2n) is 4.24. The van der Waals surface area contributed by atoms with Crippen molar-refractivity contribution in [2.24, 2.45) is 12.8 Å². The van der Waals surface area contributed by atoms with Crippen LogP contribution >= 0.6 is 0 Å². The van der Waals surface area contributed by atoms with Crippen molar-refractivity contribution in [1.82, 2.24) is 9.78 Å². The molecule has 2 rings (SSSR count). The number of nitrogens with two attached hydrogens (primary N) is 1. The fraction of sp³-hybridized carbons (Fsp3) is 0.308. The number of nitrogens with zero attached hydrogens (tertiary/aromatic N) is 2. The summed E-state index contributed by atoms with van der Waals surface area (Å²) in [6.45, 7) is -2.83. The van der Waals surface area contributed by atoms with E-state index >= 15 is 0 Å². The Bertz CT molecular complexity index is 542. The van der Waals surface area contributed by atoms with Crippen molar-refractivity contribution in [3.8, 4) is 5.75 Å². The van der Waals surface area contributed by atoms with E-state index in [2.05, 4.69) is 9.84 Å². The average Bonchev–Trinajstić information content (AvgIpc) is 2.74. The molecule has 0 amide bonds. The molecular weight excluding hydrogens is 252 g/mol. The lowest BCUT2D eigenvalue weighted by Crippen LogP contribution is -2.14. The Morgan fingerprint density at radius 1 is 1.37 bits per heavy atom.